The number of aliphatic imine (C=N–C) groups is 1. The number of nitro benzene ring substituents is 1. The number of aryl methyl sites for hydroxylation is 1. The molecule has 7 N–H and O–H groups in total. The quantitative estimate of drug-likeness (QED) is 0.0777. The highest BCUT2D eigenvalue weighted by atomic mass is 16.7. The zero-order valence-electron chi connectivity index (χ0n) is 21.8. The maximum atomic E-state index is 13.2. The average molecular weight is 585 g/mol. The fourth-order valence-electron chi connectivity index (χ4n) is 4.29. The Balaban J connectivity index is 1.49. The summed E-state index contributed by atoms with van der Waals surface area (Å²) >= 11 is 0. The van der Waals surface area contributed by atoms with Crippen LogP contribution in [0.15, 0.2) is 59.6 Å². The second kappa shape index (κ2) is 12.9. The molecule has 0 saturated carbocycles. The van der Waals surface area contributed by atoms with Gasteiger partial charge >= 0.3 is 0 Å². The number of aromatic hydroxyl groups is 3. The second-order valence-electron chi connectivity index (χ2n) is 9.51. The zero-order chi connectivity index (χ0) is 30.6. The number of carbonyl (C=O) groups is 1. The molecule has 4 rings (SSSR count). The van der Waals surface area contributed by atoms with Crippen LogP contribution >= 0.6 is 0 Å². The molecule has 14 heteroatoms. The number of ether oxygens (including phenoxy) is 2. The number of Topliss-reactive ketones (excluding diaryl/α,β-unsaturated/α-hetero) is 1. The highest BCUT2D eigenvalue weighted by Crippen LogP contribution is 2.36. The van der Waals surface area contributed by atoms with Crippen molar-refractivity contribution in [3.05, 3.63) is 81.4 Å². The number of nitro groups is 1. The summed E-state index contributed by atoms with van der Waals surface area (Å²) in [6.07, 6.45) is -6.79. The molecular weight excluding hydrogens is 556 g/mol. The molecule has 0 spiro atoms. The number of ketones is 1. The minimum Gasteiger partial charge on any atom is -0.508 e. The van der Waals surface area contributed by atoms with Crippen molar-refractivity contribution in [1.82, 2.24) is 0 Å². The van der Waals surface area contributed by atoms with Crippen LogP contribution < -0.4 is 4.74 Å². The summed E-state index contributed by atoms with van der Waals surface area (Å²) in [6, 6.07) is 12.0. The van der Waals surface area contributed by atoms with Crippen molar-refractivity contribution in [3.63, 3.8) is 0 Å². The monoisotopic (exact) mass is 584 g/mol. The highest BCUT2D eigenvalue weighted by Gasteiger charge is 2.45. The lowest BCUT2D eigenvalue weighted by molar-refractivity contribution is -0.384. The Labute approximate surface area is 238 Å². The van der Waals surface area contributed by atoms with E-state index in [4.69, 9.17) is 9.47 Å². The van der Waals surface area contributed by atoms with Gasteiger partial charge in [0.1, 0.15) is 58.7 Å². The van der Waals surface area contributed by atoms with Gasteiger partial charge in [-0.25, -0.2) is 0 Å². The average Bonchev–Trinajstić information content (AvgIpc) is 2.96. The van der Waals surface area contributed by atoms with E-state index >= 15 is 0 Å². The standard InChI is InChI=1S/C28H28N2O12/c31-13-23-25(36)26(37)27(38)28(42-23)41-22-11-17(32)10-21(35)24(22)20(34)8-4-14-3-7-19(33)18(9-14)29-12-15-1-5-16(6-2-15)30(39)40/h1-3,5-7,9-12,23,25-28,31-33,35-38H,4,8,13H2/t23-,25-,26+,27-,28-/m1/s1. The third-order valence-corrected chi connectivity index (χ3v) is 6.57. The van der Waals surface area contributed by atoms with Gasteiger partial charge in [-0.2, -0.15) is 0 Å². The fraction of sp³-hybridized carbons (Fsp3) is 0.286. The van der Waals surface area contributed by atoms with E-state index in [1.54, 1.807) is 6.07 Å². The van der Waals surface area contributed by atoms with Crippen molar-refractivity contribution in [3.8, 4) is 23.0 Å². The third-order valence-electron chi connectivity index (χ3n) is 6.57. The molecule has 0 amide bonds. The molecule has 1 heterocycles. The second-order valence-corrected chi connectivity index (χ2v) is 9.51. The maximum Gasteiger partial charge on any atom is 0.269 e. The van der Waals surface area contributed by atoms with Crippen LogP contribution in [0.2, 0.25) is 0 Å². The molecule has 1 saturated heterocycles. The third kappa shape index (κ3) is 6.82. The molecule has 1 fully saturated rings. The van der Waals surface area contributed by atoms with Crippen molar-refractivity contribution in [2.24, 2.45) is 4.99 Å². The van der Waals surface area contributed by atoms with E-state index in [0.717, 1.165) is 12.1 Å². The van der Waals surface area contributed by atoms with Gasteiger partial charge in [0.15, 0.2) is 5.78 Å². The first-order chi connectivity index (χ1) is 20.0. The summed E-state index contributed by atoms with van der Waals surface area (Å²) in [5.41, 5.74) is 0.891. The van der Waals surface area contributed by atoms with E-state index in [2.05, 4.69) is 4.99 Å². The molecule has 3 aromatic rings. The number of hydrogen-bond donors (Lipinski definition) is 7. The van der Waals surface area contributed by atoms with Crippen LogP contribution in [0.25, 0.3) is 0 Å². The largest absolute Gasteiger partial charge is 0.508 e. The van der Waals surface area contributed by atoms with Crippen LogP contribution in [-0.2, 0) is 11.2 Å². The number of nitrogens with zero attached hydrogens (tertiary/aromatic N) is 2. The molecule has 14 nitrogen and oxygen atoms in total. The van der Waals surface area contributed by atoms with Gasteiger partial charge in [0.25, 0.3) is 5.69 Å². The van der Waals surface area contributed by atoms with Crippen LogP contribution in [0, 0.1) is 10.1 Å². The van der Waals surface area contributed by atoms with Crippen molar-refractivity contribution >= 4 is 23.4 Å². The lowest BCUT2D eigenvalue weighted by atomic mass is 9.98. The van der Waals surface area contributed by atoms with Crippen molar-refractivity contribution in [2.45, 2.75) is 43.5 Å². The van der Waals surface area contributed by atoms with E-state index < -0.39 is 59.5 Å². The summed E-state index contributed by atoms with van der Waals surface area (Å²) in [5.74, 6) is -2.25. The number of hydrogen-bond acceptors (Lipinski definition) is 13. The van der Waals surface area contributed by atoms with Crippen LogP contribution in [0.3, 0.4) is 0 Å². The fourth-order valence-corrected chi connectivity index (χ4v) is 4.29. The van der Waals surface area contributed by atoms with Crippen molar-refractivity contribution in [2.75, 3.05) is 6.61 Å². The normalized spacial score (nSPS) is 22.2. The number of aliphatic hydroxyl groups is 4. The minimum absolute atomic E-state index is 0.0805. The summed E-state index contributed by atoms with van der Waals surface area (Å²) < 4.78 is 10.8. The Morgan fingerprint density at radius 1 is 0.976 bits per heavy atom. The molecule has 222 valence electrons. The summed E-state index contributed by atoms with van der Waals surface area (Å²) in [7, 11) is 0. The predicted octanol–water partition coefficient (Wildman–Crippen LogP) is 1.46. The first-order valence-electron chi connectivity index (χ1n) is 12.6. The van der Waals surface area contributed by atoms with Gasteiger partial charge in [-0.1, -0.05) is 6.07 Å². The number of non-ortho nitro benzene ring substituents is 1. The summed E-state index contributed by atoms with van der Waals surface area (Å²) in [4.78, 5) is 27.7. The molecule has 0 radical (unpaired) electrons. The van der Waals surface area contributed by atoms with Crippen LogP contribution in [0.1, 0.15) is 27.9 Å². The van der Waals surface area contributed by atoms with Crippen LogP contribution in [-0.4, -0.2) is 90.0 Å². The summed E-state index contributed by atoms with van der Waals surface area (Å²) in [6.45, 7) is -0.714. The maximum absolute atomic E-state index is 13.2. The Kier molecular flexibility index (Phi) is 9.35. The minimum atomic E-state index is -1.79. The van der Waals surface area contributed by atoms with E-state index in [0.29, 0.717) is 11.1 Å². The van der Waals surface area contributed by atoms with Gasteiger partial charge in [0, 0.05) is 36.9 Å². The van der Waals surface area contributed by atoms with Gasteiger partial charge in [0.05, 0.1) is 11.5 Å². The SMILES string of the molecule is O=C(CCc1ccc(O)c(N=Cc2ccc([N+](=O)[O-])cc2)c1)c1c(O)cc(O)cc1O[C@@H]1O[C@H](CO)[C@@H](O)[C@H](O)[C@H]1O. The smallest absolute Gasteiger partial charge is 0.269 e. The summed E-state index contributed by atoms with van der Waals surface area (Å²) in [5, 5.41) is 81.1. The van der Waals surface area contributed by atoms with Gasteiger partial charge in [0.2, 0.25) is 6.29 Å². The zero-order valence-corrected chi connectivity index (χ0v) is 21.8. The molecule has 1 aliphatic rings. The topological polar surface area (TPSA) is 233 Å². The molecule has 42 heavy (non-hydrogen) atoms. The molecule has 3 aromatic carbocycles. The van der Waals surface area contributed by atoms with Crippen molar-refractivity contribution < 1.29 is 54.9 Å². The van der Waals surface area contributed by atoms with E-state index in [-0.39, 0.29) is 41.3 Å². The van der Waals surface area contributed by atoms with Crippen molar-refractivity contribution in [1.29, 1.82) is 0 Å². The van der Waals surface area contributed by atoms with Gasteiger partial charge in [-0.3, -0.25) is 19.9 Å². The van der Waals surface area contributed by atoms with Gasteiger partial charge < -0.3 is 45.2 Å². The molecule has 0 unspecified atom stereocenters. The molecule has 0 aliphatic carbocycles. The Bertz CT molecular complexity index is 1470. The Morgan fingerprint density at radius 2 is 1.69 bits per heavy atom. The van der Waals surface area contributed by atoms with Gasteiger partial charge in [-0.05, 0) is 41.8 Å². The number of carbonyl (C=O) groups excluding carboxylic acids is 1. The highest BCUT2D eigenvalue weighted by molar-refractivity contribution is 6.01. The number of phenolic OH excluding ortho intramolecular Hbond substituents is 3. The molecular formula is C28H28N2O12. The first kappa shape index (κ1) is 30.4. The first-order valence-corrected chi connectivity index (χ1v) is 12.6. The number of benzene rings is 3. The lowest BCUT2D eigenvalue weighted by Crippen LogP contribution is -2.60. The Morgan fingerprint density at radius 3 is 2.36 bits per heavy atom. The lowest BCUT2D eigenvalue weighted by Gasteiger charge is -2.39. The predicted molar refractivity (Wildman–Crippen MR) is 145 cm³/mol. The van der Waals surface area contributed by atoms with E-state index in [9.17, 15) is 50.7 Å². The number of rotatable bonds is 10. The van der Waals surface area contributed by atoms with E-state index in [1.165, 1.54) is 42.6 Å². The number of phenols is 3. The van der Waals surface area contributed by atoms with E-state index in [1.807, 2.05) is 0 Å². The van der Waals surface area contributed by atoms with Gasteiger partial charge in [-0.15, -0.1) is 0 Å². The molecule has 1 aliphatic heterocycles. The molecule has 0 bridgehead atoms. The molecule has 0 aromatic heterocycles. The number of aliphatic hydroxyl groups excluding tert-OH is 4. The van der Waals surface area contributed by atoms with Crippen LogP contribution in [0.5, 0.6) is 23.0 Å². The van der Waals surface area contributed by atoms with Crippen LogP contribution in [0.4, 0.5) is 11.4 Å². The Hall–Kier alpha value is -4.60. The molecule has 5 atom stereocenters.